The minimum atomic E-state index is -0.362. The van der Waals surface area contributed by atoms with Gasteiger partial charge in [-0.2, -0.15) is 0 Å². The first-order chi connectivity index (χ1) is 9.08. The van der Waals surface area contributed by atoms with Gasteiger partial charge in [-0.05, 0) is 44.2 Å². The number of hydrogen-bond acceptors (Lipinski definition) is 4. The number of aryl methyl sites for hydroxylation is 1. The molecular weight excluding hydrogens is 244 g/mol. The van der Waals surface area contributed by atoms with Crippen LogP contribution >= 0.6 is 0 Å². The second kappa shape index (κ2) is 6.02. The molecule has 1 fully saturated rings. The molecule has 1 atom stereocenters. The third-order valence-corrected chi connectivity index (χ3v) is 3.78. The van der Waals surface area contributed by atoms with E-state index >= 15 is 0 Å². The second-order valence-corrected chi connectivity index (χ2v) is 5.14. The first kappa shape index (κ1) is 13.8. The number of nitrogens with zero attached hydrogens (tertiary/aromatic N) is 1. The average Bonchev–Trinajstić information content (AvgIpc) is 2.41. The zero-order valence-electron chi connectivity index (χ0n) is 11.4. The number of nitro groups is 1. The van der Waals surface area contributed by atoms with Gasteiger partial charge in [-0.1, -0.05) is 0 Å². The van der Waals surface area contributed by atoms with E-state index in [4.69, 9.17) is 4.74 Å². The van der Waals surface area contributed by atoms with Crippen LogP contribution in [0.4, 0.5) is 11.4 Å². The molecule has 0 amide bonds. The van der Waals surface area contributed by atoms with Crippen molar-refractivity contribution in [1.82, 2.24) is 0 Å². The molecule has 0 bridgehead atoms. The molecule has 1 heterocycles. The fourth-order valence-electron chi connectivity index (χ4n) is 2.50. The number of anilines is 1. The van der Waals surface area contributed by atoms with Crippen molar-refractivity contribution in [2.45, 2.75) is 32.7 Å². The van der Waals surface area contributed by atoms with Crippen molar-refractivity contribution in [2.75, 3.05) is 18.5 Å². The summed E-state index contributed by atoms with van der Waals surface area (Å²) in [6, 6.07) is 5.30. The fraction of sp³-hybridized carbons (Fsp3) is 0.571. The molecule has 0 aromatic heterocycles. The molecule has 104 valence electrons. The Kier molecular flexibility index (Phi) is 4.37. The van der Waals surface area contributed by atoms with Crippen LogP contribution in [0.3, 0.4) is 0 Å². The molecule has 1 aromatic carbocycles. The molecule has 0 radical (unpaired) electrons. The Balaban J connectivity index is 2.03. The number of nitro benzene ring substituents is 1. The Hall–Kier alpha value is -1.62. The van der Waals surface area contributed by atoms with Crippen LogP contribution in [0, 0.1) is 23.0 Å². The highest BCUT2D eigenvalue weighted by Gasteiger charge is 2.21. The van der Waals surface area contributed by atoms with E-state index in [1.807, 2.05) is 6.92 Å². The van der Waals surface area contributed by atoms with Gasteiger partial charge in [0.25, 0.3) is 5.69 Å². The van der Waals surface area contributed by atoms with Gasteiger partial charge in [0.05, 0.1) is 4.92 Å². The monoisotopic (exact) mass is 264 g/mol. The smallest absolute Gasteiger partial charge is 0.269 e. The minimum absolute atomic E-state index is 0.141. The Bertz CT molecular complexity index is 456. The van der Waals surface area contributed by atoms with Gasteiger partial charge in [0.2, 0.25) is 0 Å². The molecule has 1 aliphatic heterocycles. The second-order valence-electron chi connectivity index (χ2n) is 5.14. The maximum atomic E-state index is 10.7. The van der Waals surface area contributed by atoms with Gasteiger partial charge in [0.15, 0.2) is 0 Å². The SMILES string of the molecule is Cc1cc([N+](=O)[O-])ccc1NC(C)C1CCOCC1. The van der Waals surface area contributed by atoms with Gasteiger partial charge in [-0.15, -0.1) is 0 Å². The average molecular weight is 264 g/mol. The summed E-state index contributed by atoms with van der Waals surface area (Å²) in [6.45, 7) is 5.72. The van der Waals surface area contributed by atoms with Crippen LogP contribution in [0.25, 0.3) is 0 Å². The largest absolute Gasteiger partial charge is 0.382 e. The van der Waals surface area contributed by atoms with Crippen LogP contribution in [0.15, 0.2) is 18.2 Å². The lowest BCUT2D eigenvalue weighted by Gasteiger charge is -2.29. The van der Waals surface area contributed by atoms with Gasteiger partial charge in [-0.25, -0.2) is 0 Å². The molecule has 5 nitrogen and oxygen atoms in total. The number of benzene rings is 1. The maximum Gasteiger partial charge on any atom is 0.269 e. The van der Waals surface area contributed by atoms with Crippen molar-refractivity contribution in [3.63, 3.8) is 0 Å². The first-order valence-corrected chi connectivity index (χ1v) is 6.67. The van der Waals surface area contributed by atoms with Crippen molar-refractivity contribution in [1.29, 1.82) is 0 Å². The molecule has 2 rings (SSSR count). The van der Waals surface area contributed by atoms with Gasteiger partial charge in [0, 0.05) is 37.1 Å². The van der Waals surface area contributed by atoms with Crippen LogP contribution in [0.1, 0.15) is 25.3 Å². The molecule has 0 aliphatic carbocycles. The minimum Gasteiger partial charge on any atom is -0.382 e. The van der Waals surface area contributed by atoms with E-state index in [1.165, 1.54) is 0 Å². The van der Waals surface area contributed by atoms with Crippen molar-refractivity contribution in [2.24, 2.45) is 5.92 Å². The Morgan fingerprint density at radius 1 is 1.42 bits per heavy atom. The third-order valence-electron chi connectivity index (χ3n) is 3.78. The molecule has 1 aromatic rings. The number of ether oxygens (including phenoxy) is 1. The summed E-state index contributed by atoms with van der Waals surface area (Å²) < 4.78 is 5.36. The van der Waals surface area contributed by atoms with E-state index in [-0.39, 0.29) is 10.6 Å². The van der Waals surface area contributed by atoms with Gasteiger partial charge in [0.1, 0.15) is 0 Å². The molecular formula is C14H20N2O3. The summed E-state index contributed by atoms with van der Waals surface area (Å²) in [6.07, 6.45) is 2.14. The van der Waals surface area contributed by atoms with Crippen LogP contribution in [-0.4, -0.2) is 24.2 Å². The third kappa shape index (κ3) is 3.44. The molecule has 0 saturated carbocycles. The molecule has 19 heavy (non-hydrogen) atoms. The number of nitrogens with one attached hydrogen (secondary N) is 1. The first-order valence-electron chi connectivity index (χ1n) is 6.67. The van der Waals surface area contributed by atoms with Gasteiger partial charge < -0.3 is 10.1 Å². The topological polar surface area (TPSA) is 64.4 Å². The van der Waals surface area contributed by atoms with Crippen molar-refractivity contribution in [3.05, 3.63) is 33.9 Å². The lowest BCUT2D eigenvalue weighted by Crippen LogP contribution is -2.31. The molecule has 0 spiro atoms. The molecule has 1 unspecified atom stereocenters. The molecule has 1 N–H and O–H groups in total. The standard InChI is InChI=1S/C14H20N2O3/c1-10-9-13(16(17)18)3-4-14(10)15-11(2)12-5-7-19-8-6-12/h3-4,9,11-12,15H,5-8H2,1-2H3. The Morgan fingerprint density at radius 2 is 2.11 bits per heavy atom. The lowest BCUT2D eigenvalue weighted by atomic mass is 9.92. The van der Waals surface area contributed by atoms with Crippen LogP contribution in [0.5, 0.6) is 0 Å². The van der Waals surface area contributed by atoms with E-state index in [2.05, 4.69) is 12.2 Å². The van der Waals surface area contributed by atoms with Crippen molar-refractivity contribution >= 4 is 11.4 Å². The predicted molar refractivity (Wildman–Crippen MR) is 74.5 cm³/mol. The highest BCUT2D eigenvalue weighted by Crippen LogP contribution is 2.25. The molecule has 1 aliphatic rings. The molecule has 5 heteroatoms. The van der Waals surface area contributed by atoms with Crippen LogP contribution < -0.4 is 5.32 Å². The van der Waals surface area contributed by atoms with Gasteiger partial charge >= 0.3 is 0 Å². The summed E-state index contributed by atoms with van der Waals surface area (Å²) in [5, 5.41) is 14.2. The maximum absolute atomic E-state index is 10.7. The summed E-state index contributed by atoms with van der Waals surface area (Å²) in [5.41, 5.74) is 2.03. The Morgan fingerprint density at radius 3 is 2.68 bits per heavy atom. The predicted octanol–water partition coefficient (Wildman–Crippen LogP) is 3.13. The summed E-state index contributed by atoms with van der Waals surface area (Å²) >= 11 is 0. The van der Waals surface area contributed by atoms with E-state index in [1.54, 1.807) is 18.2 Å². The Labute approximate surface area is 113 Å². The quantitative estimate of drug-likeness (QED) is 0.670. The highest BCUT2D eigenvalue weighted by molar-refractivity contribution is 5.55. The van der Waals surface area contributed by atoms with Crippen LogP contribution in [0.2, 0.25) is 0 Å². The van der Waals surface area contributed by atoms with E-state index in [0.29, 0.717) is 12.0 Å². The zero-order valence-corrected chi connectivity index (χ0v) is 11.4. The van der Waals surface area contributed by atoms with Gasteiger partial charge in [-0.3, -0.25) is 10.1 Å². The van der Waals surface area contributed by atoms with Crippen LogP contribution in [-0.2, 0) is 4.74 Å². The van der Waals surface area contributed by atoms with E-state index < -0.39 is 0 Å². The zero-order chi connectivity index (χ0) is 13.8. The molecule has 1 saturated heterocycles. The summed E-state index contributed by atoms with van der Waals surface area (Å²) in [7, 11) is 0. The number of hydrogen-bond donors (Lipinski definition) is 1. The number of non-ortho nitro benzene ring substituents is 1. The fourth-order valence-corrected chi connectivity index (χ4v) is 2.50. The van der Waals surface area contributed by atoms with E-state index in [0.717, 1.165) is 37.3 Å². The number of rotatable bonds is 4. The van der Waals surface area contributed by atoms with Crippen molar-refractivity contribution < 1.29 is 9.66 Å². The lowest BCUT2D eigenvalue weighted by molar-refractivity contribution is -0.384. The summed E-state index contributed by atoms with van der Waals surface area (Å²) in [4.78, 5) is 10.3. The highest BCUT2D eigenvalue weighted by atomic mass is 16.6. The van der Waals surface area contributed by atoms with E-state index in [9.17, 15) is 10.1 Å². The summed E-state index contributed by atoms with van der Waals surface area (Å²) in [5.74, 6) is 0.600. The normalized spacial score (nSPS) is 18.0. The van der Waals surface area contributed by atoms with Crippen molar-refractivity contribution in [3.8, 4) is 0 Å².